The van der Waals surface area contributed by atoms with Gasteiger partial charge >= 0.3 is 0 Å². The van der Waals surface area contributed by atoms with Gasteiger partial charge in [0.2, 0.25) is 21.8 Å². The molecule has 1 aromatic heterocycles. The van der Waals surface area contributed by atoms with Crippen molar-refractivity contribution in [2.24, 2.45) is 0 Å². The Morgan fingerprint density at radius 1 is 1.20 bits per heavy atom. The first kappa shape index (κ1) is 19.8. The standard InChI is InChI=1S/C16H28N4O4S/c1-5-25(22,23)20-11-9-19(10-12-20)14(21)8-6-7-13-17-15(18-24-13)16(2,3)4/h5-12H2,1-4H3. The Morgan fingerprint density at radius 2 is 1.84 bits per heavy atom. The van der Waals surface area contributed by atoms with Gasteiger partial charge in [0.05, 0.1) is 5.75 Å². The minimum atomic E-state index is -3.17. The number of amides is 1. The van der Waals surface area contributed by atoms with Gasteiger partial charge in [0, 0.05) is 44.4 Å². The highest BCUT2D eigenvalue weighted by molar-refractivity contribution is 7.89. The summed E-state index contributed by atoms with van der Waals surface area (Å²) in [4.78, 5) is 18.4. The van der Waals surface area contributed by atoms with Gasteiger partial charge in [-0.25, -0.2) is 8.42 Å². The molecule has 0 aliphatic carbocycles. The van der Waals surface area contributed by atoms with Crippen LogP contribution in [0.15, 0.2) is 4.52 Å². The lowest BCUT2D eigenvalue weighted by Crippen LogP contribution is -2.50. The summed E-state index contributed by atoms with van der Waals surface area (Å²) >= 11 is 0. The molecule has 142 valence electrons. The van der Waals surface area contributed by atoms with Crippen LogP contribution in [-0.2, 0) is 26.7 Å². The van der Waals surface area contributed by atoms with Gasteiger partial charge in [-0.15, -0.1) is 0 Å². The van der Waals surface area contributed by atoms with Crippen molar-refractivity contribution in [2.75, 3.05) is 31.9 Å². The first-order valence-electron chi connectivity index (χ1n) is 8.72. The van der Waals surface area contributed by atoms with Crippen molar-refractivity contribution in [1.29, 1.82) is 0 Å². The molecule has 0 N–H and O–H groups in total. The molecule has 0 atom stereocenters. The molecule has 2 rings (SSSR count). The number of hydrogen-bond acceptors (Lipinski definition) is 6. The van der Waals surface area contributed by atoms with Crippen LogP contribution >= 0.6 is 0 Å². The highest BCUT2D eigenvalue weighted by Gasteiger charge is 2.27. The maximum atomic E-state index is 12.3. The molecular formula is C16H28N4O4S. The fourth-order valence-corrected chi connectivity index (χ4v) is 3.69. The number of sulfonamides is 1. The van der Waals surface area contributed by atoms with E-state index in [0.717, 1.165) is 0 Å². The summed E-state index contributed by atoms with van der Waals surface area (Å²) < 4.78 is 30.3. The molecule has 1 amide bonds. The molecule has 0 unspecified atom stereocenters. The van der Waals surface area contributed by atoms with E-state index in [1.165, 1.54) is 4.31 Å². The number of aromatic nitrogens is 2. The van der Waals surface area contributed by atoms with Gasteiger partial charge in [-0.3, -0.25) is 4.79 Å². The molecule has 25 heavy (non-hydrogen) atoms. The van der Waals surface area contributed by atoms with Crippen molar-refractivity contribution in [3.8, 4) is 0 Å². The van der Waals surface area contributed by atoms with E-state index in [2.05, 4.69) is 10.1 Å². The summed E-state index contributed by atoms with van der Waals surface area (Å²) in [5, 5.41) is 3.97. The zero-order valence-corrected chi connectivity index (χ0v) is 16.3. The summed E-state index contributed by atoms with van der Waals surface area (Å²) in [5.41, 5.74) is -0.157. The maximum Gasteiger partial charge on any atom is 0.226 e. The fraction of sp³-hybridized carbons (Fsp3) is 0.812. The highest BCUT2D eigenvalue weighted by atomic mass is 32.2. The molecule has 1 fully saturated rings. The molecule has 0 bridgehead atoms. The lowest BCUT2D eigenvalue weighted by Gasteiger charge is -2.33. The molecule has 0 spiro atoms. The zero-order chi connectivity index (χ0) is 18.7. The van der Waals surface area contributed by atoms with E-state index in [1.807, 2.05) is 20.8 Å². The monoisotopic (exact) mass is 372 g/mol. The molecule has 9 heteroatoms. The fourth-order valence-electron chi connectivity index (χ4n) is 2.61. The summed E-state index contributed by atoms with van der Waals surface area (Å²) in [6.45, 7) is 9.34. The summed E-state index contributed by atoms with van der Waals surface area (Å²) in [6, 6.07) is 0. The first-order valence-corrected chi connectivity index (χ1v) is 10.3. The van der Waals surface area contributed by atoms with Crippen LogP contribution in [0.5, 0.6) is 0 Å². The van der Waals surface area contributed by atoms with Crippen LogP contribution in [0.4, 0.5) is 0 Å². The van der Waals surface area contributed by atoms with Crippen LogP contribution in [0.3, 0.4) is 0 Å². The van der Waals surface area contributed by atoms with Gasteiger partial charge in [0.1, 0.15) is 0 Å². The van der Waals surface area contributed by atoms with Crippen LogP contribution < -0.4 is 0 Å². The second-order valence-corrected chi connectivity index (χ2v) is 9.55. The number of carbonyl (C=O) groups excluding carboxylic acids is 1. The molecule has 1 aliphatic rings. The van der Waals surface area contributed by atoms with Crippen LogP contribution in [0.25, 0.3) is 0 Å². The van der Waals surface area contributed by atoms with Crippen molar-refractivity contribution in [3.63, 3.8) is 0 Å². The molecule has 1 aliphatic heterocycles. The largest absolute Gasteiger partial charge is 0.340 e. The van der Waals surface area contributed by atoms with Gasteiger partial charge < -0.3 is 9.42 Å². The van der Waals surface area contributed by atoms with Crippen molar-refractivity contribution in [1.82, 2.24) is 19.3 Å². The van der Waals surface area contributed by atoms with Crippen molar-refractivity contribution in [2.45, 2.75) is 52.4 Å². The van der Waals surface area contributed by atoms with E-state index in [-0.39, 0.29) is 17.1 Å². The smallest absolute Gasteiger partial charge is 0.226 e. The molecule has 0 aromatic carbocycles. The molecule has 2 heterocycles. The van der Waals surface area contributed by atoms with Gasteiger partial charge in [-0.05, 0) is 13.3 Å². The Labute approximate surface area is 149 Å². The van der Waals surface area contributed by atoms with Gasteiger partial charge in [0.15, 0.2) is 5.82 Å². The number of nitrogens with zero attached hydrogens (tertiary/aromatic N) is 4. The normalized spacial score (nSPS) is 17.0. The third-order valence-corrected chi connectivity index (χ3v) is 6.15. The Bertz CT molecular complexity index is 685. The third kappa shape index (κ3) is 5.24. The molecule has 0 saturated carbocycles. The Balaban J connectivity index is 1.75. The van der Waals surface area contributed by atoms with Crippen LogP contribution in [0, 0.1) is 0 Å². The van der Waals surface area contributed by atoms with Gasteiger partial charge in [-0.1, -0.05) is 25.9 Å². The van der Waals surface area contributed by atoms with Gasteiger partial charge in [-0.2, -0.15) is 9.29 Å². The number of piperazine rings is 1. The SMILES string of the molecule is CCS(=O)(=O)N1CCN(C(=O)CCCc2nc(C(C)(C)C)no2)CC1. The van der Waals surface area contributed by atoms with Crippen molar-refractivity contribution >= 4 is 15.9 Å². The minimum absolute atomic E-state index is 0.0455. The average Bonchev–Trinajstić information content (AvgIpc) is 3.04. The lowest BCUT2D eigenvalue weighted by atomic mass is 9.96. The van der Waals surface area contributed by atoms with E-state index >= 15 is 0 Å². The highest BCUT2D eigenvalue weighted by Crippen LogP contribution is 2.19. The van der Waals surface area contributed by atoms with Crippen LogP contribution in [-0.4, -0.2) is 65.6 Å². The minimum Gasteiger partial charge on any atom is -0.340 e. The first-order chi connectivity index (χ1) is 11.6. The number of rotatable bonds is 6. The number of aryl methyl sites for hydroxylation is 1. The topological polar surface area (TPSA) is 96.6 Å². The second kappa shape index (κ2) is 7.82. The second-order valence-electron chi connectivity index (χ2n) is 7.30. The van der Waals surface area contributed by atoms with Crippen LogP contribution in [0.1, 0.15) is 52.3 Å². The predicted octanol–water partition coefficient (Wildman–Crippen LogP) is 1.18. The molecule has 8 nitrogen and oxygen atoms in total. The predicted molar refractivity (Wildman–Crippen MR) is 93.5 cm³/mol. The number of hydrogen-bond donors (Lipinski definition) is 0. The van der Waals surface area contributed by atoms with Crippen molar-refractivity contribution in [3.05, 3.63) is 11.7 Å². The Kier molecular flexibility index (Phi) is 6.21. The summed E-state index contributed by atoms with van der Waals surface area (Å²) in [7, 11) is -3.17. The molecule has 1 aromatic rings. The molecule has 1 saturated heterocycles. The van der Waals surface area contributed by atoms with E-state index in [9.17, 15) is 13.2 Å². The van der Waals surface area contributed by atoms with Crippen LogP contribution in [0.2, 0.25) is 0 Å². The van der Waals surface area contributed by atoms with Gasteiger partial charge in [0.25, 0.3) is 0 Å². The number of carbonyl (C=O) groups is 1. The Morgan fingerprint density at radius 3 is 2.36 bits per heavy atom. The van der Waals surface area contributed by atoms with E-state index in [1.54, 1.807) is 11.8 Å². The lowest BCUT2D eigenvalue weighted by molar-refractivity contribution is -0.132. The molecule has 0 radical (unpaired) electrons. The average molecular weight is 372 g/mol. The van der Waals surface area contributed by atoms with E-state index in [4.69, 9.17) is 4.52 Å². The zero-order valence-electron chi connectivity index (χ0n) is 15.5. The maximum absolute atomic E-state index is 12.3. The van der Waals surface area contributed by atoms with Crippen molar-refractivity contribution < 1.29 is 17.7 Å². The van der Waals surface area contributed by atoms with E-state index in [0.29, 0.717) is 57.2 Å². The summed E-state index contributed by atoms with van der Waals surface area (Å²) in [5.74, 6) is 1.37. The van der Waals surface area contributed by atoms with E-state index < -0.39 is 10.0 Å². The quantitative estimate of drug-likeness (QED) is 0.744. The third-order valence-electron chi connectivity index (χ3n) is 4.27. The Hall–Kier alpha value is -1.48. The summed E-state index contributed by atoms with van der Waals surface area (Å²) in [6.07, 6.45) is 1.60. The molecular weight excluding hydrogens is 344 g/mol.